The quantitative estimate of drug-likeness (QED) is 0.670. The predicted molar refractivity (Wildman–Crippen MR) is 84.7 cm³/mol. The fourth-order valence-electron chi connectivity index (χ4n) is 3.71. The SMILES string of the molecule is CC(=O)C1Cc2c(O)c3c(c(O)c2C1)C(=O)c1ccccc1C3=O. The van der Waals surface area contributed by atoms with E-state index in [1.165, 1.54) is 19.1 Å². The first kappa shape index (κ1) is 14.6. The molecule has 0 bridgehead atoms. The van der Waals surface area contributed by atoms with Crippen molar-refractivity contribution < 1.29 is 24.6 Å². The van der Waals surface area contributed by atoms with Gasteiger partial charge in [-0.05, 0) is 19.8 Å². The minimum atomic E-state index is -0.484. The molecule has 2 aromatic carbocycles. The zero-order valence-electron chi connectivity index (χ0n) is 12.9. The van der Waals surface area contributed by atoms with E-state index in [-0.39, 0.29) is 58.3 Å². The highest BCUT2D eigenvalue weighted by molar-refractivity contribution is 6.30. The second kappa shape index (κ2) is 4.77. The molecule has 4 rings (SSSR count). The molecule has 0 spiro atoms. The van der Waals surface area contributed by atoms with Crippen molar-refractivity contribution >= 4 is 17.3 Å². The molecule has 0 unspecified atom stereocenters. The lowest BCUT2D eigenvalue weighted by molar-refractivity contribution is -0.120. The molecular formula is C19H14O5. The molecular weight excluding hydrogens is 308 g/mol. The molecule has 0 saturated heterocycles. The fourth-order valence-corrected chi connectivity index (χ4v) is 3.71. The van der Waals surface area contributed by atoms with Gasteiger partial charge in [0.05, 0.1) is 11.1 Å². The van der Waals surface area contributed by atoms with Gasteiger partial charge in [0, 0.05) is 28.2 Å². The number of phenols is 2. The lowest BCUT2D eigenvalue weighted by Gasteiger charge is -2.21. The molecule has 2 aliphatic rings. The predicted octanol–water partition coefficient (Wildman–Crippen LogP) is 2.18. The molecule has 5 nitrogen and oxygen atoms in total. The van der Waals surface area contributed by atoms with E-state index in [1.807, 2.05) is 0 Å². The van der Waals surface area contributed by atoms with E-state index < -0.39 is 11.6 Å². The van der Waals surface area contributed by atoms with Crippen molar-refractivity contribution in [2.24, 2.45) is 5.92 Å². The summed E-state index contributed by atoms with van der Waals surface area (Å²) >= 11 is 0. The first-order chi connectivity index (χ1) is 11.4. The van der Waals surface area contributed by atoms with E-state index in [0.717, 1.165) is 0 Å². The van der Waals surface area contributed by atoms with Crippen LogP contribution >= 0.6 is 0 Å². The Morgan fingerprint density at radius 1 is 0.917 bits per heavy atom. The molecule has 0 atom stereocenters. The van der Waals surface area contributed by atoms with E-state index >= 15 is 0 Å². The van der Waals surface area contributed by atoms with Gasteiger partial charge < -0.3 is 10.2 Å². The summed E-state index contributed by atoms with van der Waals surface area (Å²) in [5.41, 5.74) is 0.911. The molecule has 0 radical (unpaired) electrons. The summed E-state index contributed by atoms with van der Waals surface area (Å²) in [5, 5.41) is 21.2. The third-order valence-corrected chi connectivity index (χ3v) is 5.01. The zero-order chi connectivity index (χ0) is 17.2. The normalized spacial score (nSPS) is 15.9. The zero-order valence-corrected chi connectivity index (χ0v) is 12.9. The molecule has 0 saturated carbocycles. The summed E-state index contributed by atoms with van der Waals surface area (Å²) < 4.78 is 0. The molecule has 5 heteroatoms. The van der Waals surface area contributed by atoms with Gasteiger partial charge in [0.2, 0.25) is 0 Å². The van der Waals surface area contributed by atoms with Crippen molar-refractivity contribution in [3.8, 4) is 11.5 Å². The van der Waals surface area contributed by atoms with Crippen LogP contribution in [0.25, 0.3) is 0 Å². The van der Waals surface area contributed by atoms with Crippen LogP contribution in [-0.4, -0.2) is 27.6 Å². The third kappa shape index (κ3) is 1.72. The van der Waals surface area contributed by atoms with Crippen LogP contribution in [0.4, 0.5) is 0 Å². The molecule has 2 N–H and O–H groups in total. The summed E-state index contributed by atoms with van der Waals surface area (Å²) in [6.07, 6.45) is 0.529. The second-order valence-corrected chi connectivity index (χ2v) is 6.32. The molecule has 0 aliphatic heterocycles. The molecule has 0 heterocycles. The maximum absolute atomic E-state index is 12.8. The van der Waals surface area contributed by atoms with Crippen LogP contribution in [0, 0.1) is 5.92 Å². The molecule has 2 aromatic rings. The Kier molecular flexibility index (Phi) is 2.91. The first-order valence-corrected chi connectivity index (χ1v) is 7.70. The first-order valence-electron chi connectivity index (χ1n) is 7.70. The topological polar surface area (TPSA) is 91.7 Å². The standard InChI is InChI=1S/C19H14O5/c1-8(20)9-6-12-13(7-9)19(24)15-14(18(12)23)16(21)10-4-2-3-5-11(10)17(15)22/h2-5,9,23-24H,6-7H2,1H3. The molecule has 0 amide bonds. The second-order valence-electron chi connectivity index (χ2n) is 6.32. The Morgan fingerprint density at radius 2 is 1.33 bits per heavy atom. The average molecular weight is 322 g/mol. The summed E-state index contributed by atoms with van der Waals surface area (Å²) in [6.45, 7) is 1.46. The number of hydrogen-bond acceptors (Lipinski definition) is 5. The van der Waals surface area contributed by atoms with Crippen LogP contribution < -0.4 is 0 Å². The number of ketones is 3. The monoisotopic (exact) mass is 322 g/mol. The Hall–Kier alpha value is -2.95. The molecule has 2 aliphatic carbocycles. The van der Waals surface area contributed by atoms with Crippen molar-refractivity contribution in [3.05, 3.63) is 57.6 Å². The van der Waals surface area contributed by atoms with Crippen LogP contribution in [0.1, 0.15) is 49.9 Å². The maximum atomic E-state index is 12.8. The lowest BCUT2D eigenvalue weighted by Crippen LogP contribution is -2.22. The van der Waals surface area contributed by atoms with Gasteiger partial charge in [0.15, 0.2) is 11.6 Å². The van der Waals surface area contributed by atoms with Crippen molar-refractivity contribution in [1.82, 2.24) is 0 Å². The van der Waals surface area contributed by atoms with E-state index in [4.69, 9.17) is 0 Å². The summed E-state index contributed by atoms with van der Waals surface area (Å²) in [7, 11) is 0. The van der Waals surface area contributed by atoms with Crippen molar-refractivity contribution in [2.45, 2.75) is 19.8 Å². The van der Waals surface area contributed by atoms with Gasteiger partial charge in [-0.25, -0.2) is 0 Å². The number of Topliss-reactive ketones (excluding diaryl/α,β-unsaturated/α-hetero) is 1. The third-order valence-electron chi connectivity index (χ3n) is 5.01. The maximum Gasteiger partial charge on any atom is 0.198 e. The van der Waals surface area contributed by atoms with Gasteiger partial charge in [-0.1, -0.05) is 24.3 Å². The number of rotatable bonds is 1. The van der Waals surface area contributed by atoms with Crippen LogP contribution in [0.15, 0.2) is 24.3 Å². The largest absolute Gasteiger partial charge is 0.507 e. The number of hydrogen-bond donors (Lipinski definition) is 2. The van der Waals surface area contributed by atoms with Gasteiger partial charge in [0.25, 0.3) is 0 Å². The van der Waals surface area contributed by atoms with Crippen LogP contribution in [0.2, 0.25) is 0 Å². The Bertz CT molecular complexity index is 885. The van der Waals surface area contributed by atoms with Crippen molar-refractivity contribution in [1.29, 1.82) is 0 Å². The average Bonchev–Trinajstić information content (AvgIpc) is 3.02. The van der Waals surface area contributed by atoms with Gasteiger partial charge in [0.1, 0.15) is 17.3 Å². The summed E-state index contributed by atoms with van der Waals surface area (Å²) in [6, 6.07) is 6.34. The number of fused-ring (bicyclic) bond motifs is 3. The van der Waals surface area contributed by atoms with Gasteiger partial charge in [-0.2, -0.15) is 0 Å². The Labute approximate surface area is 137 Å². The Morgan fingerprint density at radius 3 is 1.71 bits per heavy atom. The van der Waals surface area contributed by atoms with E-state index in [0.29, 0.717) is 11.1 Å². The number of aromatic hydroxyl groups is 2. The Balaban J connectivity index is 2.01. The smallest absolute Gasteiger partial charge is 0.198 e. The number of carbonyl (C=O) groups excluding carboxylic acids is 3. The minimum absolute atomic E-state index is 0.0519. The summed E-state index contributed by atoms with van der Waals surface area (Å²) in [5.74, 6) is -1.94. The van der Waals surface area contributed by atoms with Crippen LogP contribution in [0.5, 0.6) is 11.5 Å². The highest BCUT2D eigenvalue weighted by atomic mass is 16.3. The van der Waals surface area contributed by atoms with Crippen LogP contribution in [-0.2, 0) is 17.6 Å². The number of benzene rings is 2. The molecule has 0 fully saturated rings. The van der Waals surface area contributed by atoms with Crippen molar-refractivity contribution in [2.75, 3.05) is 0 Å². The highest BCUT2D eigenvalue weighted by Gasteiger charge is 2.40. The lowest BCUT2D eigenvalue weighted by atomic mass is 9.81. The van der Waals surface area contributed by atoms with Crippen molar-refractivity contribution in [3.63, 3.8) is 0 Å². The summed E-state index contributed by atoms with van der Waals surface area (Å²) in [4.78, 5) is 37.2. The molecule has 120 valence electrons. The molecule has 0 aromatic heterocycles. The van der Waals surface area contributed by atoms with Gasteiger partial charge in [-0.3, -0.25) is 14.4 Å². The van der Waals surface area contributed by atoms with E-state index in [2.05, 4.69) is 0 Å². The van der Waals surface area contributed by atoms with E-state index in [1.54, 1.807) is 12.1 Å². The highest BCUT2D eigenvalue weighted by Crippen LogP contribution is 2.47. The number of carbonyl (C=O) groups is 3. The fraction of sp³-hybridized carbons (Fsp3) is 0.211. The molecule has 24 heavy (non-hydrogen) atoms. The van der Waals surface area contributed by atoms with Crippen LogP contribution in [0.3, 0.4) is 0 Å². The van der Waals surface area contributed by atoms with E-state index in [9.17, 15) is 24.6 Å². The van der Waals surface area contributed by atoms with Gasteiger partial charge in [-0.15, -0.1) is 0 Å². The van der Waals surface area contributed by atoms with Gasteiger partial charge >= 0.3 is 0 Å². The minimum Gasteiger partial charge on any atom is -0.507 e. The number of phenolic OH excluding ortho intramolecular Hbond substituents is 2.